The van der Waals surface area contributed by atoms with Crippen LogP contribution in [0.4, 0.5) is 0 Å². The van der Waals surface area contributed by atoms with E-state index in [1.165, 1.54) is 89.9 Å². The van der Waals surface area contributed by atoms with Gasteiger partial charge in [0.05, 0.1) is 5.92 Å². The monoisotopic (exact) mass is 607 g/mol. The summed E-state index contributed by atoms with van der Waals surface area (Å²) in [5.41, 5.74) is 2.58. The lowest BCUT2D eigenvalue weighted by molar-refractivity contribution is -0.139. The zero-order valence-electron chi connectivity index (χ0n) is 29.6. The summed E-state index contributed by atoms with van der Waals surface area (Å²) in [6.45, 7) is 15.1. The molecule has 2 aromatic carbocycles. The van der Waals surface area contributed by atoms with Gasteiger partial charge < -0.3 is 9.84 Å². The van der Waals surface area contributed by atoms with Gasteiger partial charge in [-0.1, -0.05) is 182 Å². The van der Waals surface area contributed by atoms with E-state index >= 15 is 0 Å². The Balaban J connectivity index is 1.87. The number of rotatable bonds is 21. The van der Waals surface area contributed by atoms with Gasteiger partial charge in [0.2, 0.25) is 0 Å². The van der Waals surface area contributed by atoms with Crippen LogP contribution >= 0.6 is 0 Å². The lowest BCUT2D eigenvalue weighted by Gasteiger charge is -2.29. The van der Waals surface area contributed by atoms with Crippen LogP contribution in [0.1, 0.15) is 174 Å². The van der Waals surface area contributed by atoms with Gasteiger partial charge in [-0.15, -0.1) is 0 Å². The van der Waals surface area contributed by atoms with E-state index in [4.69, 9.17) is 4.74 Å². The third-order valence-corrected chi connectivity index (χ3v) is 8.97. The predicted molar refractivity (Wildman–Crippen MR) is 189 cm³/mol. The first kappa shape index (κ1) is 37.9. The summed E-state index contributed by atoms with van der Waals surface area (Å²) >= 11 is 0. The molecule has 0 amide bonds. The summed E-state index contributed by atoms with van der Waals surface area (Å²) in [7, 11) is 0. The number of hydrogen-bond acceptors (Lipinski definition) is 3. The molecule has 2 rings (SSSR count). The fourth-order valence-corrected chi connectivity index (χ4v) is 6.17. The largest absolute Gasteiger partial charge is 0.507 e. The van der Waals surface area contributed by atoms with Crippen LogP contribution in [0.3, 0.4) is 0 Å². The van der Waals surface area contributed by atoms with Gasteiger partial charge in [0, 0.05) is 0 Å². The molecule has 1 N–H and O–H groups in total. The summed E-state index contributed by atoms with van der Waals surface area (Å²) in [5, 5.41) is 11.2. The summed E-state index contributed by atoms with van der Waals surface area (Å²) < 4.78 is 5.86. The lowest BCUT2D eigenvalue weighted by Crippen LogP contribution is -2.24. The topological polar surface area (TPSA) is 46.5 Å². The summed E-state index contributed by atoms with van der Waals surface area (Å²) in [5.74, 6) is 0.618. The minimum Gasteiger partial charge on any atom is -0.507 e. The molecule has 1 unspecified atom stereocenters. The van der Waals surface area contributed by atoms with Crippen LogP contribution in [0.5, 0.6) is 11.5 Å². The number of phenolic OH excluding ortho intramolecular Hbond substituents is 1. The molecule has 0 radical (unpaired) electrons. The van der Waals surface area contributed by atoms with Crippen molar-refractivity contribution >= 4 is 5.97 Å². The summed E-state index contributed by atoms with van der Waals surface area (Å²) in [6.07, 6.45) is 22.9. The van der Waals surface area contributed by atoms with Crippen LogP contribution < -0.4 is 4.74 Å². The molecule has 0 aromatic heterocycles. The maximum atomic E-state index is 13.5. The highest BCUT2D eigenvalue weighted by Gasteiger charge is 2.28. The number of ether oxygens (including phenoxy) is 1. The molecule has 0 spiro atoms. The third-order valence-electron chi connectivity index (χ3n) is 8.97. The second kappa shape index (κ2) is 20.0. The van der Waals surface area contributed by atoms with E-state index in [1.54, 1.807) is 0 Å². The highest BCUT2D eigenvalue weighted by Crippen LogP contribution is 2.40. The van der Waals surface area contributed by atoms with E-state index in [0.717, 1.165) is 36.0 Å². The average molecular weight is 607 g/mol. The number of carbonyl (C=O) groups excluding carboxylic acids is 1. The highest BCUT2D eigenvalue weighted by molar-refractivity contribution is 5.75. The molecule has 1 atom stereocenters. The van der Waals surface area contributed by atoms with Crippen molar-refractivity contribution < 1.29 is 14.6 Å². The normalized spacial score (nSPS) is 12.8. The minimum atomic E-state index is -0.216. The minimum absolute atomic E-state index is 0.153. The molecule has 0 aliphatic carbocycles. The van der Waals surface area contributed by atoms with Crippen molar-refractivity contribution in [2.45, 2.75) is 175 Å². The number of phenols is 1. The van der Waals surface area contributed by atoms with Crippen LogP contribution in [-0.4, -0.2) is 11.1 Å². The zero-order chi connectivity index (χ0) is 32.4. The van der Waals surface area contributed by atoms with Crippen LogP contribution in [-0.2, 0) is 22.0 Å². The first-order chi connectivity index (χ1) is 20.9. The van der Waals surface area contributed by atoms with Crippen LogP contribution in [0, 0.1) is 5.92 Å². The lowest BCUT2D eigenvalue weighted by atomic mass is 9.77. The standard InChI is InChI=1S/C41H66O3/c1-8-9-10-11-12-13-14-15-16-17-18-19-20-21-22-24-27-34(39(43)44-35-28-25-23-26-29-35)30-33-31-36(40(2,3)4)38(42)37(32-33)41(5,6)7/h23,25-26,28-29,31-32,34,42H,8-22,24,27,30H2,1-7H3. The van der Waals surface area contributed by atoms with Crippen molar-refractivity contribution in [3.63, 3.8) is 0 Å². The molecule has 248 valence electrons. The molecule has 3 heteroatoms. The van der Waals surface area contributed by atoms with Gasteiger partial charge >= 0.3 is 5.97 Å². The zero-order valence-corrected chi connectivity index (χ0v) is 29.6. The third kappa shape index (κ3) is 14.7. The van der Waals surface area contributed by atoms with E-state index in [2.05, 4.69) is 60.6 Å². The fourth-order valence-electron chi connectivity index (χ4n) is 6.17. The molecule has 3 nitrogen and oxygen atoms in total. The maximum absolute atomic E-state index is 13.5. The number of benzene rings is 2. The van der Waals surface area contributed by atoms with Crippen molar-refractivity contribution in [1.82, 2.24) is 0 Å². The number of para-hydroxylation sites is 1. The molecule has 44 heavy (non-hydrogen) atoms. The Morgan fingerprint density at radius 2 is 1.07 bits per heavy atom. The van der Waals surface area contributed by atoms with E-state index in [-0.39, 0.29) is 22.7 Å². The van der Waals surface area contributed by atoms with Crippen molar-refractivity contribution in [3.8, 4) is 11.5 Å². The smallest absolute Gasteiger partial charge is 0.314 e. The number of esters is 1. The fraction of sp³-hybridized carbons (Fsp3) is 0.683. The van der Waals surface area contributed by atoms with Crippen molar-refractivity contribution in [2.24, 2.45) is 5.92 Å². The Morgan fingerprint density at radius 3 is 1.48 bits per heavy atom. The molecule has 0 saturated carbocycles. The highest BCUT2D eigenvalue weighted by atomic mass is 16.5. The van der Waals surface area contributed by atoms with Crippen molar-refractivity contribution in [2.75, 3.05) is 0 Å². The predicted octanol–water partition coefficient (Wildman–Crippen LogP) is 12.4. The first-order valence-electron chi connectivity index (χ1n) is 18.1. The van der Waals surface area contributed by atoms with Gasteiger partial charge in [0.1, 0.15) is 11.5 Å². The Bertz CT molecular complexity index is 1020. The Labute approximate surface area is 271 Å². The van der Waals surface area contributed by atoms with Gasteiger partial charge in [-0.05, 0) is 52.5 Å². The molecule has 0 bridgehead atoms. The molecule has 0 heterocycles. The van der Waals surface area contributed by atoms with Gasteiger partial charge in [-0.3, -0.25) is 4.79 Å². The summed E-state index contributed by atoms with van der Waals surface area (Å²) in [6, 6.07) is 13.7. The molecule has 0 fully saturated rings. The molecular weight excluding hydrogens is 540 g/mol. The van der Waals surface area contributed by atoms with Crippen molar-refractivity contribution in [3.05, 3.63) is 59.2 Å². The van der Waals surface area contributed by atoms with Crippen molar-refractivity contribution in [1.29, 1.82) is 0 Å². The van der Waals surface area contributed by atoms with E-state index < -0.39 is 0 Å². The van der Waals surface area contributed by atoms with Crippen LogP contribution in [0.25, 0.3) is 0 Å². The molecule has 0 aliphatic heterocycles. The van der Waals surface area contributed by atoms with E-state index in [9.17, 15) is 9.90 Å². The Kier molecular flexibility index (Phi) is 17.2. The van der Waals surface area contributed by atoms with Gasteiger partial charge in [-0.25, -0.2) is 0 Å². The average Bonchev–Trinajstić information content (AvgIpc) is 2.96. The second-order valence-electron chi connectivity index (χ2n) is 15.3. The number of carbonyl (C=O) groups is 1. The van der Waals surface area contributed by atoms with E-state index in [0.29, 0.717) is 17.9 Å². The second-order valence-corrected chi connectivity index (χ2v) is 15.3. The maximum Gasteiger partial charge on any atom is 0.314 e. The molecule has 0 saturated heterocycles. The Morgan fingerprint density at radius 1 is 0.659 bits per heavy atom. The molecular formula is C41H66O3. The number of hydrogen-bond donors (Lipinski definition) is 1. The molecule has 2 aromatic rings. The van der Waals surface area contributed by atoms with Gasteiger partial charge in [0.15, 0.2) is 0 Å². The molecule has 0 aliphatic rings. The Hall–Kier alpha value is -2.29. The summed E-state index contributed by atoms with van der Waals surface area (Å²) in [4.78, 5) is 13.5. The van der Waals surface area contributed by atoms with Crippen LogP contribution in [0.2, 0.25) is 0 Å². The van der Waals surface area contributed by atoms with Gasteiger partial charge in [-0.2, -0.15) is 0 Å². The van der Waals surface area contributed by atoms with Crippen LogP contribution in [0.15, 0.2) is 42.5 Å². The SMILES string of the molecule is CCCCCCCCCCCCCCCCCCC(Cc1cc(C(C)(C)C)c(O)c(C(C)(C)C)c1)C(=O)Oc1ccccc1. The quantitative estimate of drug-likeness (QED) is 0.0873. The van der Waals surface area contributed by atoms with Gasteiger partial charge in [0.25, 0.3) is 0 Å². The first-order valence-corrected chi connectivity index (χ1v) is 18.1. The number of unbranched alkanes of at least 4 members (excludes halogenated alkanes) is 15. The number of aromatic hydroxyl groups is 1. The van der Waals surface area contributed by atoms with E-state index in [1.807, 2.05) is 30.3 Å².